The largest absolute Gasteiger partial charge is 0.326 e. The molecule has 6 nitrogen and oxygen atoms in total. The minimum Gasteiger partial charge on any atom is -0.326 e. The van der Waals surface area contributed by atoms with E-state index in [4.69, 9.17) is 0 Å². The van der Waals surface area contributed by atoms with Crippen LogP contribution in [0, 0.1) is 0 Å². The second-order valence-electron chi connectivity index (χ2n) is 7.36. The molecule has 0 atom stereocenters. The van der Waals surface area contributed by atoms with Crippen molar-refractivity contribution in [2.45, 2.75) is 25.7 Å². The van der Waals surface area contributed by atoms with E-state index in [1.54, 1.807) is 17.5 Å². The Balaban J connectivity index is 1.11. The summed E-state index contributed by atoms with van der Waals surface area (Å²) in [6.07, 6.45) is 8.80. The number of anilines is 1. The van der Waals surface area contributed by atoms with Gasteiger partial charge in [-0.15, -0.1) is 11.3 Å². The lowest BCUT2D eigenvalue weighted by Gasteiger charge is -2.06. The number of rotatable bonds is 7. The third-order valence-corrected chi connectivity index (χ3v) is 6.18. The van der Waals surface area contributed by atoms with Gasteiger partial charge in [0.2, 0.25) is 11.7 Å². The van der Waals surface area contributed by atoms with E-state index in [9.17, 15) is 4.79 Å². The number of aromatic nitrogens is 4. The van der Waals surface area contributed by atoms with Gasteiger partial charge in [-0.3, -0.25) is 9.20 Å². The van der Waals surface area contributed by atoms with Gasteiger partial charge in [0.1, 0.15) is 0 Å². The zero-order valence-corrected chi connectivity index (χ0v) is 17.7. The van der Waals surface area contributed by atoms with Crippen molar-refractivity contribution < 1.29 is 4.79 Å². The molecule has 31 heavy (non-hydrogen) atoms. The Morgan fingerprint density at radius 1 is 1.00 bits per heavy atom. The minimum atomic E-state index is 0.0361. The van der Waals surface area contributed by atoms with Crippen LogP contribution in [0.5, 0.6) is 0 Å². The number of hydrogen-bond acceptors (Lipinski definition) is 5. The maximum absolute atomic E-state index is 12.3. The summed E-state index contributed by atoms with van der Waals surface area (Å²) in [6.45, 7) is 0. The van der Waals surface area contributed by atoms with Crippen LogP contribution in [0.15, 0.2) is 73.2 Å². The third-order valence-electron chi connectivity index (χ3n) is 5.08. The van der Waals surface area contributed by atoms with Gasteiger partial charge in [-0.1, -0.05) is 24.3 Å². The quantitative estimate of drug-likeness (QED) is 0.355. The first-order chi connectivity index (χ1) is 15.2. The predicted octanol–water partition coefficient (Wildman–Crippen LogP) is 5.36. The number of hydrogen-bond donors (Lipinski definition) is 1. The first kappa shape index (κ1) is 19.4. The van der Waals surface area contributed by atoms with Gasteiger partial charge < -0.3 is 5.32 Å². The molecule has 0 aliphatic carbocycles. The number of amides is 1. The van der Waals surface area contributed by atoms with Crippen molar-refractivity contribution in [3.05, 3.63) is 78.2 Å². The zero-order chi connectivity index (χ0) is 21.0. The fourth-order valence-corrected chi connectivity index (χ4v) is 4.51. The molecule has 0 spiro atoms. The predicted molar refractivity (Wildman–Crippen MR) is 124 cm³/mol. The SMILES string of the molecule is O=C(CCCCc1nc2ccccc2s1)Nc1ccc(-c2cn3cccnc3n2)cc1. The lowest BCUT2D eigenvalue weighted by atomic mass is 10.1. The van der Waals surface area contributed by atoms with E-state index in [1.807, 2.05) is 65.3 Å². The van der Waals surface area contributed by atoms with Crippen molar-refractivity contribution in [1.82, 2.24) is 19.4 Å². The Hall–Kier alpha value is -3.58. The van der Waals surface area contributed by atoms with E-state index in [0.717, 1.165) is 46.7 Å². The zero-order valence-electron chi connectivity index (χ0n) is 16.9. The average molecular weight is 428 g/mol. The molecular formula is C24H21N5OS. The summed E-state index contributed by atoms with van der Waals surface area (Å²) in [4.78, 5) is 25.7. The van der Waals surface area contributed by atoms with Gasteiger partial charge in [-0.05, 0) is 49.6 Å². The monoisotopic (exact) mass is 427 g/mol. The Bertz CT molecular complexity index is 1270. The number of nitrogens with zero attached hydrogens (tertiary/aromatic N) is 4. The van der Waals surface area contributed by atoms with Crippen molar-refractivity contribution in [3.8, 4) is 11.3 Å². The standard InChI is InChI=1S/C24H21N5OS/c30-22(8-3-4-9-23-27-19-6-1-2-7-21(19)31-23)26-18-12-10-17(11-13-18)20-16-29-15-5-14-25-24(29)28-20/h1-2,5-7,10-16H,3-4,8-9H2,(H,26,30). The summed E-state index contributed by atoms with van der Waals surface area (Å²) >= 11 is 1.74. The number of unbranched alkanes of at least 4 members (excludes halogenated alkanes) is 1. The van der Waals surface area contributed by atoms with Crippen LogP contribution in [0.4, 0.5) is 5.69 Å². The fraction of sp³-hybridized carbons (Fsp3) is 0.167. The van der Waals surface area contributed by atoms with Crippen LogP contribution in [0.3, 0.4) is 0 Å². The van der Waals surface area contributed by atoms with Crippen molar-refractivity contribution >= 4 is 38.9 Å². The highest BCUT2D eigenvalue weighted by atomic mass is 32.1. The van der Waals surface area contributed by atoms with E-state index in [0.29, 0.717) is 12.2 Å². The highest BCUT2D eigenvalue weighted by Gasteiger charge is 2.07. The number of benzene rings is 2. The lowest BCUT2D eigenvalue weighted by Crippen LogP contribution is -2.11. The maximum atomic E-state index is 12.3. The highest BCUT2D eigenvalue weighted by molar-refractivity contribution is 7.18. The molecule has 1 N–H and O–H groups in total. The molecule has 0 radical (unpaired) electrons. The number of carbonyl (C=O) groups is 1. The van der Waals surface area contributed by atoms with Gasteiger partial charge in [0.05, 0.1) is 20.9 Å². The minimum absolute atomic E-state index is 0.0361. The number of imidazole rings is 1. The van der Waals surface area contributed by atoms with E-state index in [1.165, 1.54) is 4.70 Å². The molecule has 0 bridgehead atoms. The van der Waals surface area contributed by atoms with Crippen molar-refractivity contribution in [1.29, 1.82) is 0 Å². The van der Waals surface area contributed by atoms with Gasteiger partial charge >= 0.3 is 0 Å². The fourth-order valence-electron chi connectivity index (χ4n) is 3.51. The second kappa shape index (κ2) is 8.65. The molecule has 0 fully saturated rings. The molecule has 0 saturated heterocycles. The molecular weight excluding hydrogens is 406 g/mol. The molecule has 5 rings (SSSR count). The van der Waals surface area contributed by atoms with Gasteiger partial charge in [-0.25, -0.2) is 15.0 Å². The summed E-state index contributed by atoms with van der Waals surface area (Å²) in [5, 5.41) is 4.12. The molecule has 0 aliphatic heterocycles. The first-order valence-corrected chi connectivity index (χ1v) is 11.1. The molecule has 2 aromatic carbocycles. The summed E-state index contributed by atoms with van der Waals surface area (Å²) in [5.74, 6) is 0.703. The lowest BCUT2D eigenvalue weighted by molar-refractivity contribution is -0.116. The van der Waals surface area contributed by atoms with Crippen molar-refractivity contribution in [2.24, 2.45) is 0 Å². The molecule has 3 heterocycles. The van der Waals surface area contributed by atoms with Crippen LogP contribution in [0.2, 0.25) is 0 Å². The Morgan fingerprint density at radius 2 is 1.87 bits per heavy atom. The Morgan fingerprint density at radius 3 is 2.71 bits per heavy atom. The Kier molecular flexibility index (Phi) is 5.41. The van der Waals surface area contributed by atoms with Crippen LogP contribution < -0.4 is 5.32 Å². The summed E-state index contributed by atoms with van der Waals surface area (Å²) in [6, 6.07) is 17.8. The number of thiazole rings is 1. The number of aryl methyl sites for hydroxylation is 1. The molecule has 5 aromatic rings. The van der Waals surface area contributed by atoms with E-state index in [-0.39, 0.29) is 5.91 Å². The van der Waals surface area contributed by atoms with Gasteiger partial charge in [0.25, 0.3) is 0 Å². The molecule has 154 valence electrons. The van der Waals surface area contributed by atoms with Crippen LogP contribution in [0.1, 0.15) is 24.3 Å². The number of para-hydroxylation sites is 1. The number of fused-ring (bicyclic) bond motifs is 2. The van der Waals surface area contributed by atoms with Crippen LogP contribution in [-0.2, 0) is 11.2 Å². The van der Waals surface area contributed by atoms with E-state index < -0.39 is 0 Å². The van der Waals surface area contributed by atoms with Crippen LogP contribution in [0.25, 0.3) is 27.3 Å². The second-order valence-corrected chi connectivity index (χ2v) is 8.48. The molecule has 0 saturated carbocycles. The van der Waals surface area contributed by atoms with Gasteiger partial charge in [-0.2, -0.15) is 0 Å². The first-order valence-electron chi connectivity index (χ1n) is 10.3. The molecule has 3 aromatic heterocycles. The number of nitrogens with one attached hydrogen (secondary N) is 1. The topological polar surface area (TPSA) is 72.2 Å². The molecule has 1 amide bonds. The van der Waals surface area contributed by atoms with E-state index >= 15 is 0 Å². The molecule has 0 unspecified atom stereocenters. The third kappa shape index (κ3) is 4.46. The molecule has 0 aliphatic rings. The van der Waals surface area contributed by atoms with Crippen LogP contribution in [-0.4, -0.2) is 25.3 Å². The molecule has 7 heteroatoms. The summed E-state index contributed by atoms with van der Waals surface area (Å²) in [7, 11) is 0. The Labute approximate surface area is 183 Å². The van der Waals surface area contributed by atoms with Crippen molar-refractivity contribution in [3.63, 3.8) is 0 Å². The summed E-state index contributed by atoms with van der Waals surface area (Å²) in [5.41, 5.74) is 3.69. The van der Waals surface area contributed by atoms with E-state index in [2.05, 4.69) is 26.3 Å². The smallest absolute Gasteiger partial charge is 0.234 e. The van der Waals surface area contributed by atoms with Crippen LogP contribution >= 0.6 is 11.3 Å². The normalized spacial score (nSPS) is 11.2. The number of carbonyl (C=O) groups excluding carboxylic acids is 1. The summed E-state index contributed by atoms with van der Waals surface area (Å²) < 4.78 is 3.11. The van der Waals surface area contributed by atoms with Gasteiger partial charge in [0, 0.05) is 36.3 Å². The van der Waals surface area contributed by atoms with Gasteiger partial charge in [0.15, 0.2) is 0 Å². The highest BCUT2D eigenvalue weighted by Crippen LogP contribution is 2.23. The maximum Gasteiger partial charge on any atom is 0.234 e. The average Bonchev–Trinajstić information content (AvgIpc) is 3.41. The van der Waals surface area contributed by atoms with Crippen molar-refractivity contribution in [2.75, 3.05) is 5.32 Å².